The third-order valence-electron chi connectivity index (χ3n) is 5.52. The normalized spacial score (nSPS) is 15.0. The van der Waals surface area contributed by atoms with E-state index in [4.69, 9.17) is 9.47 Å². The fourth-order valence-electron chi connectivity index (χ4n) is 3.58. The first-order valence-electron chi connectivity index (χ1n) is 11.1. The van der Waals surface area contributed by atoms with E-state index in [-0.39, 0.29) is 23.2 Å². The summed E-state index contributed by atoms with van der Waals surface area (Å²) in [7, 11) is 2.01. The van der Waals surface area contributed by atoms with Gasteiger partial charge in [0.15, 0.2) is 0 Å². The maximum Gasteiger partial charge on any atom is 0.352 e. The van der Waals surface area contributed by atoms with E-state index in [2.05, 4.69) is 19.9 Å². The van der Waals surface area contributed by atoms with Crippen LogP contribution in [0.1, 0.15) is 27.9 Å². The molecular formula is C24H26FN5O5. The molecular weight excluding hydrogens is 457 g/mol. The highest BCUT2D eigenvalue weighted by Gasteiger charge is 2.22. The van der Waals surface area contributed by atoms with Crippen molar-refractivity contribution in [2.24, 2.45) is 0 Å². The number of H-pyrrole nitrogens is 1. The van der Waals surface area contributed by atoms with E-state index >= 15 is 0 Å². The average Bonchev–Trinajstić information content (AvgIpc) is 3.35. The number of carbonyl (C=O) groups excluding carboxylic acids is 1. The van der Waals surface area contributed by atoms with Crippen molar-refractivity contribution < 1.29 is 28.6 Å². The van der Waals surface area contributed by atoms with Crippen LogP contribution in [0.3, 0.4) is 0 Å². The van der Waals surface area contributed by atoms with Crippen LogP contribution in [0.5, 0.6) is 17.4 Å². The molecule has 0 unspecified atom stereocenters. The first-order valence-corrected chi connectivity index (χ1v) is 11.1. The van der Waals surface area contributed by atoms with Gasteiger partial charge in [-0.3, -0.25) is 4.79 Å². The zero-order valence-electron chi connectivity index (χ0n) is 19.4. The van der Waals surface area contributed by atoms with E-state index in [0.717, 1.165) is 13.1 Å². The van der Waals surface area contributed by atoms with Crippen LogP contribution in [0, 0.1) is 0 Å². The molecule has 4 rings (SSSR count). The number of piperazine rings is 1. The summed E-state index contributed by atoms with van der Waals surface area (Å²) in [6, 6.07) is 7.94. The number of halogens is 1. The number of nitrogens with zero attached hydrogens (tertiary/aromatic N) is 4. The molecule has 0 spiro atoms. The zero-order chi connectivity index (χ0) is 24.9. The number of nitrogens with one attached hydrogen (secondary N) is 1. The van der Waals surface area contributed by atoms with Crippen molar-refractivity contribution >= 4 is 11.9 Å². The van der Waals surface area contributed by atoms with Crippen LogP contribution in [0.2, 0.25) is 0 Å². The van der Waals surface area contributed by atoms with Crippen LogP contribution in [-0.2, 0) is 0 Å². The van der Waals surface area contributed by atoms with Gasteiger partial charge in [0.05, 0.1) is 12.4 Å². The number of likely N-dealkylation sites (N-methyl/N-ethyl adjacent to an activating group) is 1. The summed E-state index contributed by atoms with van der Waals surface area (Å²) >= 11 is 0. The van der Waals surface area contributed by atoms with Gasteiger partial charge in [-0.1, -0.05) is 0 Å². The van der Waals surface area contributed by atoms with Gasteiger partial charge in [-0.05, 0) is 38.2 Å². The number of rotatable bonds is 8. The summed E-state index contributed by atoms with van der Waals surface area (Å²) in [4.78, 5) is 39.0. The first kappa shape index (κ1) is 24.1. The van der Waals surface area contributed by atoms with E-state index < -0.39 is 18.7 Å². The number of benzene rings is 1. The average molecular weight is 484 g/mol. The van der Waals surface area contributed by atoms with E-state index in [1.54, 1.807) is 36.1 Å². The van der Waals surface area contributed by atoms with E-state index in [9.17, 15) is 19.1 Å². The summed E-state index contributed by atoms with van der Waals surface area (Å²) in [5, 5.41) is 9.19. The van der Waals surface area contributed by atoms with Crippen molar-refractivity contribution in [2.45, 2.75) is 13.0 Å². The van der Waals surface area contributed by atoms with Crippen LogP contribution < -0.4 is 9.47 Å². The number of aromatic amines is 1. The van der Waals surface area contributed by atoms with Gasteiger partial charge in [0.2, 0.25) is 5.88 Å². The molecule has 3 heterocycles. The minimum absolute atomic E-state index is 0.0254. The molecule has 0 aliphatic carbocycles. The topological polar surface area (TPSA) is 121 Å². The number of carbonyl (C=O) groups is 2. The Morgan fingerprint density at radius 2 is 1.86 bits per heavy atom. The van der Waals surface area contributed by atoms with Gasteiger partial charge in [0, 0.05) is 43.5 Å². The molecule has 1 aromatic carbocycles. The third kappa shape index (κ3) is 5.93. The van der Waals surface area contributed by atoms with Gasteiger partial charge >= 0.3 is 5.97 Å². The van der Waals surface area contributed by atoms with Gasteiger partial charge in [-0.25, -0.2) is 19.2 Å². The number of aromatic carboxylic acids is 1. The number of aromatic nitrogens is 3. The predicted octanol–water partition coefficient (Wildman–Crippen LogP) is 3.09. The number of carboxylic acid groups (broad SMARTS) is 1. The van der Waals surface area contributed by atoms with Crippen LogP contribution in [0.25, 0.3) is 11.3 Å². The van der Waals surface area contributed by atoms with Gasteiger partial charge in [-0.15, -0.1) is 0 Å². The van der Waals surface area contributed by atoms with Crippen LogP contribution >= 0.6 is 0 Å². The Hall–Kier alpha value is -3.99. The Balaban J connectivity index is 1.54. The van der Waals surface area contributed by atoms with E-state index in [0.29, 0.717) is 35.8 Å². The molecule has 1 aliphatic rings. The molecule has 0 bridgehead atoms. The fraction of sp³-hybridized carbons (Fsp3) is 0.333. The van der Waals surface area contributed by atoms with Crippen LogP contribution in [0.15, 0.2) is 42.7 Å². The summed E-state index contributed by atoms with van der Waals surface area (Å²) in [5.74, 6) is -0.464. The van der Waals surface area contributed by atoms with Gasteiger partial charge in [0.25, 0.3) is 5.91 Å². The number of amides is 1. The van der Waals surface area contributed by atoms with Crippen molar-refractivity contribution in [1.29, 1.82) is 0 Å². The molecule has 1 amide bonds. The molecule has 2 aromatic heterocycles. The molecule has 1 aliphatic heterocycles. The quantitative estimate of drug-likeness (QED) is 0.502. The Labute approximate surface area is 201 Å². The molecule has 1 atom stereocenters. The van der Waals surface area contributed by atoms with Crippen LogP contribution in [-0.4, -0.2) is 87.7 Å². The van der Waals surface area contributed by atoms with Crippen molar-refractivity contribution in [1.82, 2.24) is 24.8 Å². The number of hydrogen-bond donors (Lipinski definition) is 2. The SMILES string of the molecule is C[C@@H](CF)Oc1cc(Oc2cnc(C(=O)N3CCN(C)CC3)cn2)cc(-c2ccc(C(=O)O)[nH]2)c1. The molecule has 2 N–H and O–H groups in total. The second-order valence-electron chi connectivity index (χ2n) is 8.30. The van der Waals surface area contributed by atoms with E-state index in [1.165, 1.54) is 18.5 Å². The minimum Gasteiger partial charge on any atom is -0.488 e. The molecule has 3 aromatic rings. The third-order valence-corrected chi connectivity index (χ3v) is 5.52. The second-order valence-corrected chi connectivity index (χ2v) is 8.30. The lowest BCUT2D eigenvalue weighted by Crippen LogP contribution is -2.47. The Morgan fingerprint density at radius 3 is 2.49 bits per heavy atom. The number of hydrogen-bond acceptors (Lipinski definition) is 7. The van der Waals surface area contributed by atoms with Crippen molar-refractivity contribution in [3.8, 4) is 28.6 Å². The Kier molecular flexibility index (Phi) is 7.25. The molecule has 35 heavy (non-hydrogen) atoms. The largest absolute Gasteiger partial charge is 0.488 e. The number of ether oxygens (including phenoxy) is 2. The lowest BCUT2D eigenvalue weighted by Gasteiger charge is -2.32. The smallest absolute Gasteiger partial charge is 0.352 e. The lowest BCUT2D eigenvalue weighted by molar-refractivity contribution is 0.0655. The van der Waals surface area contributed by atoms with Crippen LogP contribution in [0.4, 0.5) is 4.39 Å². The number of alkyl halides is 1. The van der Waals surface area contributed by atoms with Crippen molar-refractivity contribution in [3.05, 3.63) is 54.1 Å². The van der Waals surface area contributed by atoms with Gasteiger partial charge in [0.1, 0.15) is 35.7 Å². The second kappa shape index (κ2) is 10.5. The van der Waals surface area contributed by atoms with Crippen molar-refractivity contribution in [2.75, 3.05) is 39.9 Å². The van der Waals surface area contributed by atoms with E-state index in [1.807, 2.05) is 7.05 Å². The summed E-state index contributed by atoms with van der Waals surface area (Å²) in [6.45, 7) is 3.77. The molecule has 0 saturated carbocycles. The summed E-state index contributed by atoms with van der Waals surface area (Å²) in [6.07, 6.45) is 2.04. The fourth-order valence-corrected chi connectivity index (χ4v) is 3.58. The predicted molar refractivity (Wildman–Crippen MR) is 125 cm³/mol. The molecule has 10 nitrogen and oxygen atoms in total. The van der Waals surface area contributed by atoms with Crippen molar-refractivity contribution in [3.63, 3.8) is 0 Å². The monoisotopic (exact) mass is 483 g/mol. The molecule has 1 fully saturated rings. The minimum atomic E-state index is -1.09. The highest BCUT2D eigenvalue weighted by molar-refractivity contribution is 5.92. The number of carboxylic acids is 1. The summed E-state index contributed by atoms with van der Waals surface area (Å²) in [5.41, 5.74) is 1.34. The maximum atomic E-state index is 13.0. The first-order chi connectivity index (χ1) is 16.8. The standard InChI is InChI=1S/C24H26FN5O5/c1-15(12-25)34-17-9-16(19-3-4-20(28-19)24(32)33)10-18(11-17)35-22-14-26-21(13-27-22)23(31)30-7-5-29(2)6-8-30/h3-4,9-11,13-15,28H,5-8,12H2,1-2H3,(H,32,33)/t15-/m0/s1. The Morgan fingerprint density at radius 1 is 1.11 bits per heavy atom. The zero-order valence-corrected chi connectivity index (χ0v) is 19.4. The summed E-state index contributed by atoms with van der Waals surface area (Å²) < 4.78 is 24.5. The molecule has 184 valence electrons. The highest BCUT2D eigenvalue weighted by Crippen LogP contribution is 2.32. The molecule has 0 radical (unpaired) electrons. The lowest BCUT2D eigenvalue weighted by atomic mass is 10.1. The van der Waals surface area contributed by atoms with Gasteiger partial charge < -0.3 is 29.4 Å². The molecule has 1 saturated heterocycles. The maximum absolute atomic E-state index is 13.0. The Bertz CT molecular complexity index is 1190. The highest BCUT2D eigenvalue weighted by atomic mass is 19.1. The molecule has 11 heteroatoms. The van der Waals surface area contributed by atoms with Gasteiger partial charge in [-0.2, -0.15) is 0 Å².